The molecule has 1 aromatic carbocycles. The average molecular weight is 267 g/mol. The Labute approximate surface area is 111 Å². The largest absolute Gasteiger partial charge is 0.481 e. The molecule has 0 fully saturated rings. The number of halogens is 1. The first-order valence-electron chi connectivity index (χ1n) is 5.63. The van der Waals surface area contributed by atoms with Crippen LogP contribution < -0.4 is 9.47 Å². The molecule has 0 saturated heterocycles. The number of nitrogens with zero attached hydrogens (tertiary/aromatic N) is 2. The number of hydrogen-bond acceptors (Lipinski definition) is 3. The van der Waals surface area contributed by atoms with Crippen molar-refractivity contribution < 1.29 is 9.47 Å². The van der Waals surface area contributed by atoms with E-state index in [2.05, 4.69) is 5.10 Å². The van der Waals surface area contributed by atoms with Crippen LogP contribution in [0.4, 0.5) is 0 Å². The summed E-state index contributed by atoms with van der Waals surface area (Å²) in [7, 11) is 3.21. The van der Waals surface area contributed by atoms with Gasteiger partial charge in [-0.1, -0.05) is 23.7 Å². The van der Waals surface area contributed by atoms with Crippen LogP contribution in [0.25, 0.3) is 0 Å². The molecule has 18 heavy (non-hydrogen) atoms. The van der Waals surface area contributed by atoms with Gasteiger partial charge in [0.05, 0.1) is 20.3 Å². The van der Waals surface area contributed by atoms with Gasteiger partial charge in [0.15, 0.2) is 0 Å². The molecular weight excluding hydrogens is 252 g/mol. The molecule has 0 radical (unpaired) electrons. The van der Waals surface area contributed by atoms with E-state index in [-0.39, 0.29) is 0 Å². The van der Waals surface area contributed by atoms with Crippen LogP contribution in [0.1, 0.15) is 5.56 Å². The van der Waals surface area contributed by atoms with Gasteiger partial charge in [-0.05, 0) is 24.1 Å². The zero-order valence-electron chi connectivity index (χ0n) is 10.4. The van der Waals surface area contributed by atoms with E-state index < -0.39 is 0 Å². The summed E-state index contributed by atoms with van der Waals surface area (Å²) >= 11 is 5.84. The van der Waals surface area contributed by atoms with Crippen molar-refractivity contribution in [3.05, 3.63) is 40.9 Å². The van der Waals surface area contributed by atoms with E-state index in [1.165, 1.54) is 5.56 Å². The SMILES string of the molecule is COc1cc(OC)n(CCc2ccc(Cl)cc2)n1. The van der Waals surface area contributed by atoms with Crippen molar-refractivity contribution in [1.82, 2.24) is 9.78 Å². The molecule has 0 spiro atoms. The Morgan fingerprint density at radius 3 is 2.50 bits per heavy atom. The highest BCUT2D eigenvalue weighted by Gasteiger charge is 2.08. The zero-order valence-corrected chi connectivity index (χ0v) is 11.1. The molecule has 0 saturated carbocycles. The summed E-state index contributed by atoms with van der Waals surface area (Å²) in [4.78, 5) is 0. The first-order valence-corrected chi connectivity index (χ1v) is 6.01. The maximum absolute atomic E-state index is 5.84. The minimum atomic E-state index is 0.558. The molecule has 0 unspecified atom stereocenters. The number of hydrogen-bond donors (Lipinski definition) is 0. The number of methoxy groups -OCH3 is 2. The number of benzene rings is 1. The highest BCUT2D eigenvalue weighted by atomic mass is 35.5. The molecule has 0 N–H and O–H groups in total. The van der Waals surface area contributed by atoms with Crippen molar-refractivity contribution >= 4 is 11.6 Å². The van der Waals surface area contributed by atoms with E-state index in [4.69, 9.17) is 21.1 Å². The van der Waals surface area contributed by atoms with Crippen molar-refractivity contribution in [2.24, 2.45) is 0 Å². The van der Waals surface area contributed by atoms with Crippen LogP contribution in [0.2, 0.25) is 5.02 Å². The van der Waals surface area contributed by atoms with E-state index in [0.29, 0.717) is 11.8 Å². The normalized spacial score (nSPS) is 10.4. The molecule has 5 heteroatoms. The molecule has 0 aliphatic carbocycles. The molecule has 0 bridgehead atoms. The summed E-state index contributed by atoms with van der Waals surface area (Å²) in [5.41, 5.74) is 1.20. The minimum Gasteiger partial charge on any atom is -0.481 e. The number of aryl methyl sites for hydroxylation is 2. The number of ether oxygens (including phenoxy) is 2. The van der Waals surface area contributed by atoms with E-state index in [1.807, 2.05) is 24.3 Å². The lowest BCUT2D eigenvalue weighted by atomic mass is 10.1. The summed E-state index contributed by atoms with van der Waals surface area (Å²) in [5.74, 6) is 1.25. The quantitative estimate of drug-likeness (QED) is 0.835. The van der Waals surface area contributed by atoms with Crippen LogP contribution in [-0.2, 0) is 13.0 Å². The van der Waals surface area contributed by atoms with Crippen molar-refractivity contribution in [2.75, 3.05) is 14.2 Å². The second-order valence-electron chi connectivity index (χ2n) is 3.83. The standard InChI is InChI=1S/C13H15ClN2O2/c1-17-12-9-13(18-2)16(15-12)8-7-10-3-5-11(14)6-4-10/h3-6,9H,7-8H2,1-2H3. The number of aromatic nitrogens is 2. The Bertz CT molecular complexity index is 508. The Morgan fingerprint density at radius 2 is 1.89 bits per heavy atom. The minimum absolute atomic E-state index is 0.558. The smallest absolute Gasteiger partial charge is 0.236 e. The maximum atomic E-state index is 5.84. The number of rotatable bonds is 5. The van der Waals surface area contributed by atoms with Crippen molar-refractivity contribution in [3.8, 4) is 11.8 Å². The van der Waals surface area contributed by atoms with Gasteiger partial charge >= 0.3 is 0 Å². The van der Waals surface area contributed by atoms with E-state index in [0.717, 1.165) is 18.0 Å². The van der Waals surface area contributed by atoms with Crippen LogP contribution in [0.15, 0.2) is 30.3 Å². The van der Waals surface area contributed by atoms with Crippen molar-refractivity contribution in [1.29, 1.82) is 0 Å². The van der Waals surface area contributed by atoms with Gasteiger partial charge < -0.3 is 9.47 Å². The van der Waals surface area contributed by atoms with Gasteiger partial charge in [0.1, 0.15) is 0 Å². The molecule has 0 aliphatic heterocycles. The average Bonchev–Trinajstić information content (AvgIpc) is 2.80. The summed E-state index contributed by atoms with van der Waals surface area (Å²) in [6, 6.07) is 9.56. The summed E-state index contributed by atoms with van der Waals surface area (Å²) in [5, 5.41) is 5.02. The third-order valence-electron chi connectivity index (χ3n) is 2.66. The lowest BCUT2D eigenvalue weighted by molar-refractivity contribution is 0.356. The van der Waals surface area contributed by atoms with E-state index >= 15 is 0 Å². The predicted octanol–water partition coefficient (Wildman–Crippen LogP) is 2.80. The van der Waals surface area contributed by atoms with Crippen LogP contribution >= 0.6 is 11.6 Å². The molecule has 1 aromatic heterocycles. The van der Waals surface area contributed by atoms with Gasteiger partial charge in [-0.15, -0.1) is 5.10 Å². The molecular formula is C13H15ClN2O2. The molecule has 0 amide bonds. The lowest BCUT2D eigenvalue weighted by Crippen LogP contribution is -2.05. The Morgan fingerprint density at radius 1 is 1.17 bits per heavy atom. The third-order valence-corrected chi connectivity index (χ3v) is 2.92. The fourth-order valence-corrected chi connectivity index (χ4v) is 1.81. The van der Waals surface area contributed by atoms with Crippen LogP contribution in [0.3, 0.4) is 0 Å². The fraction of sp³-hybridized carbons (Fsp3) is 0.308. The Kier molecular flexibility index (Phi) is 4.10. The van der Waals surface area contributed by atoms with Crippen molar-refractivity contribution in [3.63, 3.8) is 0 Å². The van der Waals surface area contributed by atoms with Crippen molar-refractivity contribution in [2.45, 2.75) is 13.0 Å². The second-order valence-corrected chi connectivity index (χ2v) is 4.27. The van der Waals surface area contributed by atoms with Crippen LogP contribution in [0, 0.1) is 0 Å². The van der Waals surface area contributed by atoms with Gasteiger partial charge in [0.25, 0.3) is 0 Å². The third kappa shape index (κ3) is 2.96. The van der Waals surface area contributed by atoms with Gasteiger partial charge in [-0.2, -0.15) is 0 Å². The Hall–Kier alpha value is -1.68. The molecule has 4 nitrogen and oxygen atoms in total. The topological polar surface area (TPSA) is 36.3 Å². The Balaban J connectivity index is 2.05. The zero-order chi connectivity index (χ0) is 13.0. The van der Waals surface area contributed by atoms with Gasteiger partial charge in [-0.25, -0.2) is 4.68 Å². The lowest BCUT2D eigenvalue weighted by Gasteiger charge is -2.05. The summed E-state index contributed by atoms with van der Waals surface area (Å²) < 4.78 is 12.1. The highest BCUT2D eigenvalue weighted by molar-refractivity contribution is 6.30. The monoisotopic (exact) mass is 266 g/mol. The van der Waals surface area contributed by atoms with Crippen LogP contribution in [0.5, 0.6) is 11.8 Å². The van der Waals surface area contributed by atoms with Gasteiger partial charge in [0.2, 0.25) is 11.8 Å². The summed E-state index contributed by atoms with van der Waals surface area (Å²) in [6.45, 7) is 0.730. The molecule has 2 rings (SSSR count). The molecule has 2 aromatic rings. The predicted molar refractivity (Wildman–Crippen MR) is 70.5 cm³/mol. The second kappa shape index (κ2) is 5.78. The van der Waals surface area contributed by atoms with Crippen LogP contribution in [-0.4, -0.2) is 24.0 Å². The van der Waals surface area contributed by atoms with E-state index in [1.54, 1.807) is 25.0 Å². The van der Waals surface area contributed by atoms with Gasteiger partial charge in [0, 0.05) is 11.6 Å². The molecule has 0 atom stereocenters. The highest BCUT2D eigenvalue weighted by Crippen LogP contribution is 2.19. The maximum Gasteiger partial charge on any atom is 0.236 e. The molecule has 0 aliphatic rings. The van der Waals surface area contributed by atoms with E-state index in [9.17, 15) is 0 Å². The first kappa shape index (κ1) is 12.8. The first-order chi connectivity index (χ1) is 8.72. The fourth-order valence-electron chi connectivity index (χ4n) is 1.69. The van der Waals surface area contributed by atoms with Gasteiger partial charge in [-0.3, -0.25) is 0 Å². The summed E-state index contributed by atoms with van der Waals surface area (Å²) in [6.07, 6.45) is 0.859. The molecule has 1 heterocycles. The molecule has 96 valence electrons.